The lowest BCUT2D eigenvalue weighted by Crippen LogP contribution is -2.07. The van der Waals surface area contributed by atoms with E-state index in [-0.39, 0.29) is 5.82 Å². The molecule has 0 saturated heterocycles. The summed E-state index contributed by atoms with van der Waals surface area (Å²) >= 11 is 5.94. The molecular formula is C14H9ClF3N5. The Balaban J connectivity index is 1.91. The molecule has 9 heteroatoms. The van der Waals surface area contributed by atoms with Crippen LogP contribution < -0.4 is 5.73 Å². The van der Waals surface area contributed by atoms with Crippen molar-refractivity contribution in [1.82, 2.24) is 19.7 Å². The molecule has 0 spiro atoms. The fraction of sp³-hybridized carbons (Fsp3) is 0.0714. The van der Waals surface area contributed by atoms with E-state index in [9.17, 15) is 13.2 Å². The number of rotatable bonds is 2. The number of anilines is 1. The first-order valence-corrected chi connectivity index (χ1v) is 6.73. The van der Waals surface area contributed by atoms with Crippen LogP contribution in [0, 0.1) is 0 Å². The van der Waals surface area contributed by atoms with Crippen molar-refractivity contribution in [3.63, 3.8) is 0 Å². The van der Waals surface area contributed by atoms with Gasteiger partial charge in [0.15, 0.2) is 11.6 Å². The van der Waals surface area contributed by atoms with Crippen LogP contribution in [0.2, 0.25) is 5.02 Å². The number of benzene rings is 1. The molecule has 3 aromatic rings. The second-order valence-corrected chi connectivity index (χ2v) is 5.06. The largest absolute Gasteiger partial charge is 0.417 e. The molecule has 0 bridgehead atoms. The van der Waals surface area contributed by atoms with E-state index in [1.165, 1.54) is 17.1 Å². The van der Waals surface area contributed by atoms with Crippen molar-refractivity contribution in [2.45, 2.75) is 6.18 Å². The summed E-state index contributed by atoms with van der Waals surface area (Å²) in [6.45, 7) is 0. The number of hydrogen-bond acceptors (Lipinski definition) is 4. The Bertz CT molecular complexity index is 842. The van der Waals surface area contributed by atoms with Gasteiger partial charge < -0.3 is 5.73 Å². The number of nitrogens with zero attached hydrogens (tertiary/aromatic N) is 4. The minimum atomic E-state index is -4.43. The quantitative estimate of drug-likeness (QED) is 0.724. The van der Waals surface area contributed by atoms with Crippen LogP contribution in [0.15, 0.2) is 42.9 Å². The van der Waals surface area contributed by atoms with Gasteiger partial charge >= 0.3 is 6.18 Å². The number of hydrogen-bond donors (Lipinski definition) is 1. The van der Waals surface area contributed by atoms with Crippen molar-refractivity contribution in [1.29, 1.82) is 0 Å². The van der Waals surface area contributed by atoms with Crippen LogP contribution in [0.25, 0.3) is 17.2 Å². The molecule has 0 radical (unpaired) electrons. The van der Waals surface area contributed by atoms with Crippen molar-refractivity contribution in [3.8, 4) is 17.2 Å². The van der Waals surface area contributed by atoms with E-state index in [0.717, 1.165) is 12.3 Å². The van der Waals surface area contributed by atoms with Crippen LogP contribution in [-0.2, 0) is 6.18 Å². The van der Waals surface area contributed by atoms with Gasteiger partial charge in [0.1, 0.15) is 6.33 Å². The van der Waals surface area contributed by atoms with Crippen molar-refractivity contribution < 1.29 is 13.2 Å². The molecule has 0 fully saturated rings. The van der Waals surface area contributed by atoms with Crippen LogP contribution in [-0.4, -0.2) is 19.7 Å². The fourth-order valence-corrected chi connectivity index (χ4v) is 2.04. The second kappa shape index (κ2) is 5.54. The highest BCUT2D eigenvalue weighted by Gasteiger charge is 2.30. The maximum atomic E-state index is 12.5. The molecular weight excluding hydrogens is 331 g/mol. The van der Waals surface area contributed by atoms with E-state index < -0.39 is 11.7 Å². The molecule has 5 nitrogen and oxygen atoms in total. The fourth-order valence-electron chi connectivity index (χ4n) is 1.86. The summed E-state index contributed by atoms with van der Waals surface area (Å²) in [6, 6.07) is 7.08. The van der Waals surface area contributed by atoms with Crippen molar-refractivity contribution in [2.24, 2.45) is 0 Å². The third-order valence-corrected chi connectivity index (χ3v) is 3.39. The van der Waals surface area contributed by atoms with Gasteiger partial charge in [-0.15, -0.1) is 5.10 Å². The van der Waals surface area contributed by atoms with E-state index in [4.69, 9.17) is 17.3 Å². The lowest BCUT2D eigenvalue weighted by Gasteiger charge is -2.06. The van der Waals surface area contributed by atoms with E-state index >= 15 is 0 Å². The Morgan fingerprint density at radius 1 is 1.09 bits per heavy atom. The zero-order valence-electron chi connectivity index (χ0n) is 11.4. The Morgan fingerprint density at radius 2 is 1.87 bits per heavy atom. The normalized spacial score (nSPS) is 11.7. The van der Waals surface area contributed by atoms with Gasteiger partial charge in [-0.1, -0.05) is 11.6 Å². The van der Waals surface area contributed by atoms with E-state index in [2.05, 4.69) is 15.1 Å². The average Bonchev–Trinajstić information content (AvgIpc) is 2.99. The summed E-state index contributed by atoms with van der Waals surface area (Å²) in [5.74, 6) is 0.576. The van der Waals surface area contributed by atoms with E-state index in [0.29, 0.717) is 22.1 Å². The van der Waals surface area contributed by atoms with Crippen LogP contribution in [0.4, 0.5) is 18.9 Å². The highest BCUT2D eigenvalue weighted by molar-refractivity contribution is 6.33. The van der Waals surface area contributed by atoms with E-state index in [1.807, 2.05) is 0 Å². The molecule has 0 aliphatic rings. The standard InChI is InChI=1S/C14H9ClF3N5/c15-10-5-8(1-3-11(10)19)13-21-7-23(22-13)12-4-2-9(6-20-12)14(16,17)18/h1-7H,19H2. The maximum Gasteiger partial charge on any atom is 0.417 e. The van der Waals surface area contributed by atoms with Crippen molar-refractivity contribution in [2.75, 3.05) is 5.73 Å². The first-order valence-electron chi connectivity index (χ1n) is 6.35. The molecule has 23 heavy (non-hydrogen) atoms. The Hall–Kier alpha value is -2.61. The lowest BCUT2D eigenvalue weighted by atomic mass is 10.2. The zero-order chi connectivity index (χ0) is 16.6. The molecule has 3 rings (SSSR count). The summed E-state index contributed by atoms with van der Waals surface area (Å²) in [4.78, 5) is 7.84. The number of aromatic nitrogens is 4. The lowest BCUT2D eigenvalue weighted by molar-refractivity contribution is -0.137. The molecule has 0 saturated carbocycles. The summed E-state index contributed by atoms with van der Waals surface area (Å²) in [5, 5.41) is 4.54. The van der Waals surface area contributed by atoms with Gasteiger partial charge in [-0.05, 0) is 30.3 Å². The van der Waals surface area contributed by atoms with Gasteiger partial charge in [0.25, 0.3) is 0 Å². The second-order valence-electron chi connectivity index (χ2n) is 4.65. The Kier molecular flexibility index (Phi) is 3.69. The summed E-state index contributed by atoms with van der Waals surface area (Å²) in [6.07, 6.45) is -2.33. The molecule has 2 N–H and O–H groups in total. The first-order chi connectivity index (χ1) is 10.8. The molecule has 0 atom stereocenters. The minimum Gasteiger partial charge on any atom is -0.398 e. The number of pyridine rings is 1. The van der Waals surface area contributed by atoms with Gasteiger partial charge in [0, 0.05) is 11.8 Å². The Labute approximate surface area is 133 Å². The first kappa shape index (κ1) is 15.3. The number of halogens is 4. The molecule has 0 amide bonds. The van der Waals surface area contributed by atoms with Crippen LogP contribution >= 0.6 is 11.6 Å². The SMILES string of the molecule is Nc1ccc(-c2ncn(-c3ccc(C(F)(F)F)cn3)n2)cc1Cl. The predicted octanol–water partition coefficient (Wildman–Crippen LogP) is 3.58. The maximum absolute atomic E-state index is 12.5. The molecule has 2 heterocycles. The topological polar surface area (TPSA) is 69.6 Å². The summed E-state index contributed by atoms with van der Waals surface area (Å²) in [5.41, 5.74) is 5.87. The predicted molar refractivity (Wildman–Crippen MR) is 79.0 cm³/mol. The smallest absolute Gasteiger partial charge is 0.398 e. The molecule has 0 unspecified atom stereocenters. The molecule has 1 aromatic carbocycles. The van der Waals surface area contributed by atoms with Gasteiger partial charge in [-0.2, -0.15) is 13.2 Å². The van der Waals surface area contributed by atoms with Gasteiger partial charge in [-0.25, -0.2) is 14.6 Å². The van der Waals surface area contributed by atoms with Gasteiger partial charge in [-0.3, -0.25) is 0 Å². The van der Waals surface area contributed by atoms with Crippen LogP contribution in [0.5, 0.6) is 0 Å². The molecule has 0 aliphatic carbocycles. The number of nitrogen functional groups attached to an aromatic ring is 1. The van der Waals surface area contributed by atoms with Crippen molar-refractivity contribution in [3.05, 3.63) is 53.4 Å². The highest BCUT2D eigenvalue weighted by Crippen LogP contribution is 2.29. The van der Waals surface area contributed by atoms with Crippen molar-refractivity contribution >= 4 is 17.3 Å². The molecule has 2 aromatic heterocycles. The third kappa shape index (κ3) is 3.11. The summed E-state index contributed by atoms with van der Waals surface area (Å²) < 4.78 is 38.8. The zero-order valence-corrected chi connectivity index (χ0v) is 12.2. The summed E-state index contributed by atoms with van der Waals surface area (Å²) in [7, 11) is 0. The molecule has 0 aliphatic heterocycles. The number of alkyl halides is 3. The number of nitrogens with two attached hydrogens (primary N) is 1. The van der Waals surface area contributed by atoms with E-state index in [1.54, 1.807) is 18.2 Å². The Morgan fingerprint density at radius 3 is 2.48 bits per heavy atom. The van der Waals surface area contributed by atoms with Gasteiger partial charge in [0.2, 0.25) is 0 Å². The highest BCUT2D eigenvalue weighted by atomic mass is 35.5. The monoisotopic (exact) mass is 339 g/mol. The minimum absolute atomic E-state index is 0.221. The van der Waals surface area contributed by atoms with Crippen LogP contribution in [0.3, 0.4) is 0 Å². The van der Waals surface area contributed by atoms with Gasteiger partial charge in [0.05, 0.1) is 16.3 Å². The molecule has 118 valence electrons. The average molecular weight is 340 g/mol. The van der Waals surface area contributed by atoms with Crippen LogP contribution in [0.1, 0.15) is 5.56 Å². The third-order valence-electron chi connectivity index (χ3n) is 3.06.